The van der Waals surface area contributed by atoms with Crippen molar-refractivity contribution in [2.75, 3.05) is 7.05 Å². The average Bonchev–Trinajstić information content (AvgIpc) is 3.13. The number of thiocarbonyl (C=S) groups is 1. The molecule has 0 spiro atoms. The summed E-state index contributed by atoms with van der Waals surface area (Å²) < 4.78 is 0. The molecule has 2 unspecified atom stereocenters. The van der Waals surface area contributed by atoms with Crippen LogP contribution in [0.25, 0.3) is 0 Å². The van der Waals surface area contributed by atoms with Gasteiger partial charge in [0.25, 0.3) is 5.91 Å². The van der Waals surface area contributed by atoms with E-state index in [0.717, 1.165) is 23.6 Å². The van der Waals surface area contributed by atoms with Gasteiger partial charge in [-0.05, 0) is 72.2 Å². The molecule has 1 amide bonds. The van der Waals surface area contributed by atoms with Crippen molar-refractivity contribution in [1.29, 1.82) is 0 Å². The Morgan fingerprint density at radius 3 is 2.68 bits per heavy atom. The molecule has 1 aliphatic rings. The van der Waals surface area contributed by atoms with E-state index in [-0.39, 0.29) is 23.0 Å². The van der Waals surface area contributed by atoms with Crippen molar-refractivity contribution < 1.29 is 4.79 Å². The molecule has 31 heavy (non-hydrogen) atoms. The predicted molar refractivity (Wildman–Crippen MR) is 129 cm³/mol. The van der Waals surface area contributed by atoms with Crippen LogP contribution in [0.1, 0.15) is 38.5 Å². The average molecular weight is 450 g/mol. The quantitative estimate of drug-likeness (QED) is 0.563. The van der Waals surface area contributed by atoms with Crippen LogP contribution in [0, 0.1) is 0 Å². The largest absolute Gasteiger partial charge is 0.376 e. The van der Waals surface area contributed by atoms with Crippen LogP contribution in [0.15, 0.2) is 72.8 Å². The number of nitrogens with two attached hydrogens (primary N) is 1. The van der Waals surface area contributed by atoms with Crippen LogP contribution in [0.3, 0.4) is 0 Å². The van der Waals surface area contributed by atoms with E-state index in [1.54, 1.807) is 6.07 Å². The molecule has 4 rings (SSSR count). The molecule has 0 saturated carbocycles. The van der Waals surface area contributed by atoms with Gasteiger partial charge in [0.15, 0.2) is 5.11 Å². The maximum atomic E-state index is 12.5. The number of nitrogens with one attached hydrogen (secondary N) is 1. The second-order valence-corrected chi connectivity index (χ2v) is 8.81. The van der Waals surface area contributed by atoms with E-state index in [2.05, 4.69) is 53.7 Å². The molecule has 3 aromatic rings. The van der Waals surface area contributed by atoms with Crippen molar-refractivity contribution in [1.82, 2.24) is 10.2 Å². The van der Waals surface area contributed by atoms with Crippen molar-refractivity contribution in [2.24, 2.45) is 5.73 Å². The number of halogens is 1. The molecule has 0 saturated heterocycles. The molecule has 4 nitrogen and oxygen atoms in total. The first-order chi connectivity index (χ1) is 14.9. The number of nitrogens with zero attached hydrogens (tertiary/aromatic N) is 1. The lowest BCUT2D eigenvalue weighted by atomic mass is 9.88. The molecule has 1 aliphatic carbocycles. The first kappa shape index (κ1) is 21.5. The van der Waals surface area contributed by atoms with Crippen molar-refractivity contribution in [3.05, 3.63) is 106 Å². The monoisotopic (exact) mass is 449 g/mol. The molecule has 0 fully saturated rings. The van der Waals surface area contributed by atoms with Crippen LogP contribution in [-0.4, -0.2) is 29.0 Å². The Morgan fingerprint density at radius 1 is 1.13 bits per heavy atom. The fourth-order valence-corrected chi connectivity index (χ4v) is 4.79. The zero-order chi connectivity index (χ0) is 22.0. The summed E-state index contributed by atoms with van der Waals surface area (Å²) in [5.41, 5.74) is 11.0. The molecule has 0 aromatic heterocycles. The fraction of sp³-hybridized carbons (Fsp3) is 0.200. The molecule has 0 bridgehead atoms. The Morgan fingerprint density at radius 2 is 1.90 bits per heavy atom. The van der Waals surface area contributed by atoms with E-state index in [0.29, 0.717) is 5.56 Å². The Bertz CT molecular complexity index is 1130. The molecular formula is C25H24ClN3OS. The van der Waals surface area contributed by atoms with Gasteiger partial charge in [0.05, 0.1) is 0 Å². The Balaban J connectivity index is 1.67. The number of rotatable bonds is 5. The number of benzene rings is 3. The molecule has 6 heteroatoms. The third kappa shape index (κ3) is 4.79. The van der Waals surface area contributed by atoms with Gasteiger partial charge in [0.1, 0.15) is 0 Å². The van der Waals surface area contributed by atoms with Crippen molar-refractivity contribution in [3.63, 3.8) is 0 Å². The normalized spacial score (nSPS) is 17.4. The molecule has 158 valence electrons. The molecule has 2 atom stereocenters. The third-order valence-corrected chi connectivity index (χ3v) is 6.17. The van der Waals surface area contributed by atoms with Crippen molar-refractivity contribution in [2.45, 2.75) is 24.9 Å². The van der Waals surface area contributed by atoms with E-state index in [9.17, 15) is 4.79 Å². The zero-order valence-electron chi connectivity index (χ0n) is 17.2. The van der Waals surface area contributed by atoms with Gasteiger partial charge >= 0.3 is 0 Å². The molecule has 0 heterocycles. The first-order valence-corrected chi connectivity index (χ1v) is 10.9. The van der Waals surface area contributed by atoms with E-state index in [1.165, 1.54) is 16.7 Å². The lowest BCUT2D eigenvalue weighted by Crippen LogP contribution is -2.36. The van der Waals surface area contributed by atoms with Gasteiger partial charge in [0, 0.05) is 29.1 Å². The van der Waals surface area contributed by atoms with Gasteiger partial charge in [-0.1, -0.05) is 60.1 Å². The lowest BCUT2D eigenvalue weighted by Gasteiger charge is -2.31. The fourth-order valence-electron chi connectivity index (χ4n) is 4.48. The maximum Gasteiger partial charge on any atom is 0.257 e. The van der Waals surface area contributed by atoms with Crippen LogP contribution in [0.5, 0.6) is 0 Å². The number of hydrogen-bond donors (Lipinski definition) is 2. The highest BCUT2D eigenvalue weighted by atomic mass is 35.5. The summed E-state index contributed by atoms with van der Waals surface area (Å²) in [7, 11) is 2.15. The van der Waals surface area contributed by atoms with E-state index in [4.69, 9.17) is 29.6 Å². The van der Waals surface area contributed by atoms with Gasteiger partial charge in [-0.3, -0.25) is 15.0 Å². The van der Waals surface area contributed by atoms with Crippen LogP contribution in [0.2, 0.25) is 5.02 Å². The van der Waals surface area contributed by atoms with E-state index in [1.807, 2.05) is 30.3 Å². The number of amides is 1. The number of likely N-dealkylation sites (N-methyl/N-ethyl adjacent to an activating group) is 1. The SMILES string of the molecule is CN(Cc1cccc(Cl)c1)C1Cc2ccccc2C1c1cccc(C(=O)NC(N)=S)c1. The summed E-state index contributed by atoms with van der Waals surface area (Å²) in [4.78, 5) is 14.8. The topological polar surface area (TPSA) is 58.4 Å². The van der Waals surface area contributed by atoms with Gasteiger partial charge < -0.3 is 5.73 Å². The third-order valence-electron chi connectivity index (χ3n) is 5.84. The highest BCUT2D eigenvalue weighted by Crippen LogP contribution is 2.41. The summed E-state index contributed by atoms with van der Waals surface area (Å²) in [5, 5.41) is 3.23. The van der Waals surface area contributed by atoms with Crippen LogP contribution in [-0.2, 0) is 13.0 Å². The Kier molecular flexibility index (Phi) is 6.37. The van der Waals surface area contributed by atoms with Gasteiger partial charge in [-0.15, -0.1) is 0 Å². The smallest absolute Gasteiger partial charge is 0.257 e. The maximum absolute atomic E-state index is 12.5. The summed E-state index contributed by atoms with van der Waals surface area (Å²) in [5.74, 6) is -0.137. The summed E-state index contributed by atoms with van der Waals surface area (Å²) >= 11 is 11.0. The first-order valence-electron chi connectivity index (χ1n) is 10.2. The second-order valence-electron chi connectivity index (χ2n) is 7.94. The Hall–Kier alpha value is -2.73. The molecule has 3 aromatic carbocycles. The van der Waals surface area contributed by atoms with Crippen molar-refractivity contribution >= 4 is 34.8 Å². The lowest BCUT2D eigenvalue weighted by molar-refractivity contribution is 0.0977. The zero-order valence-corrected chi connectivity index (χ0v) is 18.8. The standard InChI is InChI=1S/C25H24ClN3OS/c1-29(15-16-6-4-10-20(26)12-16)22-14-17-7-2-3-11-21(17)23(22)18-8-5-9-19(13-18)24(30)28-25(27)31/h2-13,22-23H,14-15H2,1H3,(H3,27,28,30,31). The van der Waals surface area contributed by atoms with Crippen molar-refractivity contribution in [3.8, 4) is 0 Å². The minimum Gasteiger partial charge on any atom is -0.376 e. The molecule has 3 N–H and O–H groups in total. The minimum atomic E-state index is -0.288. The second kappa shape index (κ2) is 9.18. The van der Waals surface area contributed by atoms with Gasteiger partial charge in [-0.25, -0.2) is 0 Å². The number of hydrogen-bond acceptors (Lipinski definition) is 3. The van der Waals surface area contributed by atoms with Gasteiger partial charge in [0.2, 0.25) is 0 Å². The minimum absolute atomic E-state index is 0.0271. The van der Waals surface area contributed by atoms with Crippen LogP contribution >= 0.6 is 23.8 Å². The predicted octanol–water partition coefficient (Wildman–Crippen LogP) is 4.50. The molecule has 0 radical (unpaired) electrons. The summed E-state index contributed by atoms with van der Waals surface area (Å²) in [6.07, 6.45) is 0.946. The van der Waals surface area contributed by atoms with E-state index >= 15 is 0 Å². The van der Waals surface area contributed by atoms with E-state index < -0.39 is 0 Å². The Labute approximate surface area is 193 Å². The highest BCUT2D eigenvalue weighted by Gasteiger charge is 2.36. The summed E-state index contributed by atoms with van der Waals surface area (Å²) in [6, 6.07) is 24.5. The number of carbonyl (C=O) groups is 1. The molecular weight excluding hydrogens is 426 g/mol. The van der Waals surface area contributed by atoms with Crippen LogP contribution < -0.4 is 11.1 Å². The molecule has 0 aliphatic heterocycles. The summed E-state index contributed by atoms with van der Waals surface area (Å²) in [6.45, 7) is 0.789. The number of carbonyl (C=O) groups excluding carboxylic acids is 1. The highest BCUT2D eigenvalue weighted by molar-refractivity contribution is 7.80. The van der Waals surface area contributed by atoms with Gasteiger partial charge in [-0.2, -0.15) is 0 Å². The van der Waals surface area contributed by atoms with Crippen LogP contribution in [0.4, 0.5) is 0 Å². The number of fused-ring (bicyclic) bond motifs is 1.